The van der Waals surface area contributed by atoms with Crippen LogP contribution in [0.25, 0.3) is 0 Å². The summed E-state index contributed by atoms with van der Waals surface area (Å²) in [7, 11) is 0. The number of hydrogen-bond acceptors (Lipinski definition) is 4. The first-order valence-electron chi connectivity index (χ1n) is 9.33. The topological polar surface area (TPSA) is 48.5 Å². The van der Waals surface area contributed by atoms with E-state index in [4.69, 9.17) is 11.6 Å². The van der Waals surface area contributed by atoms with E-state index >= 15 is 0 Å². The molecular weight excluding hydrogens is 405 g/mol. The molecule has 29 heavy (non-hydrogen) atoms. The number of carbonyl (C=O) groups excluding carboxylic acids is 1. The summed E-state index contributed by atoms with van der Waals surface area (Å²) >= 11 is 5.86. The zero-order valence-corrected chi connectivity index (χ0v) is 16.7. The predicted octanol–water partition coefficient (Wildman–Crippen LogP) is 4.29. The molecular formula is C20H22ClF3N4O. The fourth-order valence-corrected chi connectivity index (χ4v) is 3.37. The molecule has 0 saturated carbocycles. The third kappa shape index (κ3) is 5.61. The van der Waals surface area contributed by atoms with Gasteiger partial charge in [0.05, 0.1) is 11.6 Å². The van der Waals surface area contributed by atoms with Gasteiger partial charge in [0, 0.05) is 43.1 Å². The van der Waals surface area contributed by atoms with Crippen molar-refractivity contribution in [3.05, 3.63) is 53.2 Å². The van der Waals surface area contributed by atoms with Crippen LogP contribution in [0.5, 0.6) is 0 Å². The molecule has 9 heteroatoms. The molecule has 0 spiro atoms. The summed E-state index contributed by atoms with van der Waals surface area (Å²) in [6.07, 6.45) is -2.75. The normalized spacial score (nSPS) is 16.9. The minimum Gasteiger partial charge on any atom is -0.355 e. The van der Waals surface area contributed by atoms with E-state index < -0.39 is 11.7 Å². The van der Waals surface area contributed by atoms with Gasteiger partial charge in [-0.2, -0.15) is 13.2 Å². The minimum absolute atomic E-state index is 0.117. The van der Waals surface area contributed by atoms with E-state index in [-0.39, 0.29) is 11.9 Å². The summed E-state index contributed by atoms with van der Waals surface area (Å²) < 4.78 is 38.1. The Morgan fingerprint density at radius 2 is 1.83 bits per heavy atom. The number of amides is 1. The molecule has 1 aromatic carbocycles. The molecule has 1 saturated heterocycles. The summed E-state index contributed by atoms with van der Waals surface area (Å²) in [6, 6.07) is 9.01. The van der Waals surface area contributed by atoms with Gasteiger partial charge in [-0.3, -0.25) is 9.69 Å². The summed E-state index contributed by atoms with van der Waals surface area (Å²) in [5, 5.41) is 3.48. The molecule has 1 aliphatic heterocycles. The maximum absolute atomic E-state index is 12.7. The van der Waals surface area contributed by atoms with Crippen LogP contribution in [0, 0.1) is 0 Å². The summed E-state index contributed by atoms with van der Waals surface area (Å²) in [5.74, 6) is 0.395. The molecule has 1 fully saturated rings. The number of nitrogens with zero attached hydrogens (tertiary/aromatic N) is 3. The molecule has 2 aromatic rings. The first-order valence-corrected chi connectivity index (χ1v) is 9.70. The Morgan fingerprint density at radius 3 is 2.45 bits per heavy atom. The highest BCUT2D eigenvalue weighted by atomic mass is 35.5. The summed E-state index contributed by atoms with van der Waals surface area (Å²) in [4.78, 5) is 20.6. The van der Waals surface area contributed by atoms with Gasteiger partial charge in [0.15, 0.2) is 0 Å². The van der Waals surface area contributed by atoms with Crippen LogP contribution in [0.15, 0.2) is 42.6 Å². The van der Waals surface area contributed by atoms with E-state index in [1.165, 1.54) is 6.07 Å². The van der Waals surface area contributed by atoms with Gasteiger partial charge in [0.2, 0.25) is 5.91 Å². The summed E-state index contributed by atoms with van der Waals surface area (Å²) in [6.45, 7) is 4.42. The molecule has 1 N–H and O–H groups in total. The Balaban J connectivity index is 1.58. The van der Waals surface area contributed by atoms with Crippen molar-refractivity contribution >= 4 is 29.0 Å². The Bertz CT molecular complexity index is 827. The molecule has 1 aromatic heterocycles. The molecule has 3 rings (SSSR count). The van der Waals surface area contributed by atoms with Gasteiger partial charge in [-0.15, -0.1) is 0 Å². The quantitative estimate of drug-likeness (QED) is 0.792. The van der Waals surface area contributed by atoms with Crippen LogP contribution in [0.4, 0.5) is 24.7 Å². The van der Waals surface area contributed by atoms with Crippen LogP contribution in [-0.4, -0.2) is 48.0 Å². The lowest BCUT2D eigenvalue weighted by Crippen LogP contribution is -2.44. The molecule has 0 radical (unpaired) electrons. The molecule has 0 bridgehead atoms. The van der Waals surface area contributed by atoms with Crippen molar-refractivity contribution in [2.45, 2.75) is 25.6 Å². The number of rotatable bonds is 4. The van der Waals surface area contributed by atoms with Crippen molar-refractivity contribution in [1.82, 2.24) is 9.88 Å². The van der Waals surface area contributed by atoms with E-state index in [0.717, 1.165) is 18.7 Å². The van der Waals surface area contributed by atoms with E-state index in [9.17, 15) is 18.0 Å². The van der Waals surface area contributed by atoms with Gasteiger partial charge in [0.1, 0.15) is 5.82 Å². The number of anilines is 2. The molecule has 1 amide bonds. The fraction of sp³-hybridized carbons (Fsp3) is 0.400. The molecule has 1 aliphatic rings. The number of nitrogens with one attached hydrogen (secondary N) is 1. The Morgan fingerprint density at radius 1 is 1.10 bits per heavy atom. The maximum Gasteiger partial charge on any atom is 0.417 e. The molecule has 0 aliphatic carbocycles. The van der Waals surface area contributed by atoms with Crippen LogP contribution < -0.4 is 10.2 Å². The number of hydrogen-bond donors (Lipinski definition) is 1. The third-order valence-electron chi connectivity index (χ3n) is 4.97. The van der Waals surface area contributed by atoms with Crippen LogP contribution >= 0.6 is 11.6 Å². The van der Waals surface area contributed by atoms with Crippen molar-refractivity contribution in [1.29, 1.82) is 0 Å². The number of pyridine rings is 1. The Kier molecular flexibility index (Phi) is 6.64. The first-order chi connectivity index (χ1) is 13.7. The molecule has 5 nitrogen and oxygen atoms in total. The summed E-state index contributed by atoms with van der Waals surface area (Å²) in [5.41, 5.74) is -0.0816. The number of aromatic nitrogens is 1. The van der Waals surface area contributed by atoms with Gasteiger partial charge in [-0.05, 0) is 49.7 Å². The molecule has 0 unspecified atom stereocenters. The highest BCUT2D eigenvalue weighted by Crippen LogP contribution is 2.29. The van der Waals surface area contributed by atoms with E-state index in [2.05, 4.69) is 15.2 Å². The second-order valence-electron chi connectivity index (χ2n) is 6.95. The highest BCUT2D eigenvalue weighted by molar-refractivity contribution is 6.30. The van der Waals surface area contributed by atoms with E-state index in [1.54, 1.807) is 24.3 Å². The fourth-order valence-electron chi connectivity index (χ4n) is 3.24. The number of alkyl halides is 3. The van der Waals surface area contributed by atoms with Crippen LogP contribution in [0.2, 0.25) is 5.02 Å². The van der Waals surface area contributed by atoms with Crippen molar-refractivity contribution < 1.29 is 18.0 Å². The standard InChI is InChI=1S/C20H22ClF3N4O/c1-14(19(29)26-17-6-4-16(21)5-7-17)27-9-2-10-28(12-11-27)18-8-3-15(13-25-18)20(22,23)24/h3-8,13-14H,2,9-12H2,1H3,(H,26,29)/t14-/m0/s1. The SMILES string of the molecule is C[C@@H](C(=O)Nc1ccc(Cl)cc1)N1CCCN(c2ccc(C(F)(F)F)cn2)CC1. The van der Waals surface area contributed by atoms with Crippen molar-refractivity contribution in [3.8, 4) is 0 Å². The second-order valence-corrected chi connectivity index (χ2v) is 7.39. The molecule has 156 valence electrons. The van der Waals surface area contributed by atoms with Crippen LogP contribution in [-0.2, 0) is 11.0 Å². The number of benzene rings is 1. The average molecular weight is 427 g/mol. The second kappa shape index (κ2) is 9.00. The van der Waals surface area contributed by atoms with Gasteiger partial charge in [-0.25, -0.2) is 4.98 Å². The smallest absolute Gasteiger partial charge is 0.355 e. The lowest BCUT2D eigenvalue weighted by molar-refractivity contribution is -0.137. The highest BCUT2D eigenvalue weighted by Gasteiger charge is 2.31. The van der Waals surface area contributed by atoms with E-state index in [1.807, 2.05) is 11.8 Å². The zero-order chi connectivity index (χ0) is 21.0. The van der Waals surface area contributed by atoms with E-state index in [0.29, 0.717) is 42.7 Å². The lowest BCUT2D eigenvalue weighted by atomic mass is 10.2. The predicted molar refractivity (Wildman–Crippen MR) is 107 cm³/mol. The lowest BCUT2D eigenvalue weighted by Gasteiger charge is -2.27. The monoisotopic (exact) mass is 426 g/mol. The molecule has 2 heterocycles. The number of carbonyl (C=O) groups is 1. The maximum atomic E-state index is 12.7. The van der Waals surface area contributed by atoms with Gasteiger partial charge in [-0.1, -0.05) is 11.6 Å². The third-order valence-corrected chi connectivity index (χ3v) is 5.22. The first kappa shape index (κ1) is 21.4. The Hall–Kier alpha value is -2.32. The van der Waals surface area contributed by atoms with Crippen LogP contribution in [0.1, 0.15) is 18.9 Å². The van der Waals surface area contributed by atoms with Crippen molar-refractivity contribution in [2.24, 2.45) is 0 Å². The van der Waals surface area contributed by atoms with Crippen molar-refractivity contribution in [2.75, 3.05) is 36.4 Å². The zero-order valence-electron chi connectivity index (χ0n) is 15.9. The number of halogens is 4. The van der Waals surface area contributed by atoms with Crippen LogP contribution in [0.3, 0.4) is 0 Å². The Labute approximate surface area is 172 Å². The minimum atomic E-state index is -4.39. The van der Waals surface area contributed by atoms with Gasteiger partial charge in [0.25, 0.3) is 0 Å². The largest absolute Gasteiger partial charge is 0.417 e. The average Bonchev–Trinajstić information content (AvgIpc) is 2.95. The van der Waals surface area contributed by atoms with Gasteiger partial charge >= 0.3 is 6.18 Å². The molecule has 1 atom stereocenters. The van der Waals surface area contributed by atoms with Crippen molar-refractivity contribution in [3.63, 3.8) is 0 Å². The van der Waals surface area contributed by atoms with Gasteiger partial charge < -0.3 is 10.2 Å².